The number of benzene rings is 2. The van der Waals surface area contributed by atoms with Crippen LogP contribution < -0.4 is 0 Å². The van der Waals surface area contributed by atoms with Crippen molar-refractivity contribution in [1.29, 1.82) is 0 Å². The highest BCUT2D eigenvalue weighted by Crippen LogP contribution is 2.17. The highest BCUT2D eigenvalue weighted by Gasteiger charge is 2.39. The number of rotatable bonds is 4. The topological polar surface area (TPSA) is 34.1 Å². The minimum atomic E-state index is -2.67. The maximum absolute atomic E-state index is 12.5. The molecule has 0 N–H and O–H groups in total. The molecule has 0 heterocycles. The lowest BCUT2D eigenvalue weighted by molar-refractivity contribution is 0.102. The molecule has 19 heavy (non-hydrogen) atoms. The van der Waals surface area contributed by atoms with E-state index in [0.717, 1.165) is 0 Å². The highest BCUT2D eigenvalue weighted by atomic mass is 28.3. The fraction of sp³-hybridized carbons (Fsp3) is 0.125. The zero-order valence-electron chi connectivity index (χ0n) is 11.1. The first-order valence-electron chi connectivity index (χ1n) is 6.23. The molecule has 2 rings (SSSR count). The molecule has 0 aliphatic carbocycles. The van der Waals surface area contributed by atoms with E-state index in [1.807, 2.05) is 49.5 Å². The molecule has 0 fully saturated rings. The van der Waals surface area contributed by atoms with Crippen molar-refractivity contribution in [2.45, 2.75) is 13.1 Å². The number of hydrogen-bond donors (Lipinski definition) is 0. The lowest BCUT2D eigenvalue weighted by Crippen LogP contribution is -2.46. The molecule has 0 aliphatic heterocycles. The van der Waals surface area contributed by atoms with Crippen molar-refractivity contribution in [3.8, 4) is 0 Å². The van der Waals surface area contributed by atoms with Gasteiger partial charge in [0.2, 0.25) is 8.07 Å². The quantitative estimate of drug-likeness (QED) is 0.795. The Morgan fingerprint density at radius 3 is 1.32 bits per heavy atom. The smallest absolute Gasteiger partial charge is 0.214 e. The molecular weight excluding hydrogens is 252 g/mol. The predicted molar refractivity (Wildman–Crippen MR) is 79.0 cm³/mol. The summed E-state index contributed by atoms with van der Waals surface area (Å²) in [6.07, 6.45) is 0. The summed E-state index contributed by atoms with van der Waals surface area (Å²) in [5, 5.41) is -0.0242. The van der Waals surface area contributed by atoms with Gasteiger partial charge in [-0.05, 0) is 0 Å². The Morgan fingerprint density at radius 1 is 0.684 bits per heavy atom. The monoisotopic (exact) mass is 268 g/mol. The lowest BCUT2D eigenvalue weighted by atomic mass is 10.2. The van der Waals surface area contributed by atoms with Crippen molar-refractivity contribution in [3.63, 3.8) is 0 Å². The Morgan fingerprint density at radius 2 is 1.00 bits per heavy atom. The molecule has 0 aliphatic rings. The fourth-order valence-electron chi connectivity index (χ4n) is 2.00. The van der Waals surface area contributed by atoms with Crippen LogP contribution in [0.25, 0.3) is 0 Å². The molecule has 2 nitrogen and oxygen atoms in total. The van der Waals surface area contributed by atoms with Crippen LogP contribution in [0.2, 0.25) is 13.1 Å². The third-order valence-electron chi connectivity index (χ3n) is 3.21. The molecule has 0 amide bonds. The second-order valence-electron chi connectivity index (χ2n) is 5.02. The Hall–Kier alpha value is -2.00. The maximum atomic E-state index is 12.5. The van der Waals surface area contributed by atoms with Gasteiger partial charge in [0.05, 0.1) is 0 Å². The largest absolute Gasteiger partial charge is 0.299 e. The third-order valence-corrected chi connectivity index (χ3v) is 6.06. The molecule has 3 heteroatoms. The Balaban J connectivity index is 2.33. The predicted octanol–water partition coefficient (Wildman–Crippen LogP) is 3.54. The molecular formula is C16H16O2Si. The van der Waals surface area contributed by atoms with Gasteiger partial charge in [-0.15, -0.1) is 0 Å². The minimum absolute atomic E-state index is 0.0121. The van der Waals surface area contributed by atoms with Gasteiger partial charge in [0.1, 0.15) is 10.8 Å². The number of carbonyl (C=O) groups excluding carboxylic acids is 2. The van der Waals surface area contributed by atoms with Gasteiger partial charge in [-0.1, -0.05) is 73.8 Å². The van der Waals surface area contributed by atoms with Crippen LogP contribution in [0, 0.1) is 0 Å². The number of hydrogen-bond acceptors (Lipinski definition) is 2. The van der Waals surface area contributed by atoms with Crippen molar-refractivity contribution < 1.29 is 9.59 Å². The normalized spacial score (nSPS) is 11.1. The van der Waals surface area contributed by atoms with E-state index in [4.69, 9.17) is 0 Å². The van der Waals surface area contributed by atoms with E-state index >= 15 is 0 Å². The van der Waals surface area contributed by atoms with Crippen molar-refractivity contribution in [3.05, 3.63) is 71.8 Å². The van der Waals surface area contributed by atoms with Gasteiger partial charge >= 0.3 is 0 Å². The summed E-state index contributed by atoms with van der Waals surface area (Å²) >= 11 is 0. The Labute approximate surface area is 114 Å². The summed E-state index contributed by atoms with van der Waals surface area (Å²) in [6.45, 7) is 3.63. The van der Waals surface area contributed by atoms with Crippen molar-refractivity contribution in [2.24, 2.45) is 0 Å². The summed E-state index contributed by atoms with van der Waals surface area (Å²) < 4.78 is 0. The molecule has 0 saturated heterocycles. The average molecular weight is 268 g/mol. The van der Waals surface area contributed by atoms with Crippen LogP contribution in [0.3, 0.4) is 0 Å². The van der Waals surface area contributed by atoms with Crippen molar-refractivity contribution in [2.75, 3.05) is 0 Å². The first-order valence-corrected chi connectivity index (χ1v) is 9.23. The van der Waals surface area contributed by atoms with Crippen molar-refractivity contribution in [1.82, 2.24) is 0 Å². The van der Waals surface area contributed by atoms with Crippen LogP contribution in [0.4, 0.5) is 0 Å². The van der Waals surface area contributed by atoms with Gasteiger partial charge in [-0.25, -0.2) is 0 Å². The first-order chi connectivity index (χ1) is 9.03. The molecule has 2 aromatic rings. The van der Waals surface area contributed by atoms with E-state index in [2.05, 4.69) is 0 Å². The molecule has 2 aromatic carbocycles. The van der Waals surface area contributed by atoms with Crippen molar-refractivity contribution >= 4 is 18.9 Å². The molecule has 0 radical (unpaired) electrons. The summed E-state index contributed by atoms with van der Waals surface area (Å²) in [4.78, 5) is 25.0. The van der Waals surface area contributed by atoms with Gasteiger partial charge in [0.25, 0.3) is 0 Å². The van der Waals surface area contributed by atoms with Crippen LogP contribution in [0.1, 0.15) is 20.7 Å². The summed E-state index contributed by atoms with van der Waals surface area (Å²) in [5.41, 5.74) is 1.26. The molecule has 0 bridgehead atoms. The second kappa shape index (κ2) is 5.32. The molecule has 0 saturated carbocycles. The van der Waals surface area contributed by atoms with Gasteiger partial charge < -0.3 is 0 Å². The second-order valence-corrected chi connectivity index (χ2v) is 9.17. The van der Waals surface area contributed by atoms with Gasteiger partial charge in [-0.2, -0.15) is 0 Å². The summed E-state index contributed by atoms with van der Waals surface area (Å²) in [7, 11) is -2.67. The standard InChI is InChI=1S/C16H16O2Si/c1-19(2,15(17)13-9-5-3-6-10-13)16(18)14-11-7-4-8-12-14/h3-12H,1-2H3. The van der Waals surface area contributed by atoms with Gasteiger partial charge in [-0.3, -0.25) is 9.59 Å². The van der Waals surface area contributed by atoms with Crippen LogP contribution in [-0.4, -0.2) is 18.9 Å². The van der Waals surface area contributed by atoms with E-state index in [0.29, 0.717) is 11.1 Å². The summed E-state index contributed by atoms with van der Waals surface area (Å²) in [6, 6.07) is 18.1. The molecule has 0 spiro atoms. The third kappa shape index (κ3) is 2.71. The first kappa shape index (κ1) is 13.4. The number of carbonyl (C=O) groups is 2. The van der Waals surface area contributed by atoms with E-state index in [1.165, 1.54) is 0 Å². The molecule has 0 aromatic heterocycles. The van der Waals surface area contributed by atoms with Gasteiger partial charge in [0, 0.05) is 11.1 Å². The maximum Gasteiger partial charge on any atom is 0.214 e. The molecule has 0 atom stereocenters. The van der Waals surface area contributed by atoms with E-state index in [1.54, 1.807) is 24.3 Å². The van der Waals surface area contributed by atoms with E-state index < -0.39 is 8.07 Å². The zero-order valence-corrected chi connectivity index (χ0v) is 12.1. The average Bonchev–Trinajstić information content (AvgIpc) is 2.47. The van der Waals surface area contributed by atoms with E-state index in [-0.39, 0.29) is 10.8 Å². The van der Waals surface area contributed by atoms with Gasteiger partial charge in [0.15, 0.2) is 0 Å². The SMILES string of the molecule is C[Si](C)(C(=O)c1ccccc1)C(=O)c1ccccc1. The Kier molecular flexibility index (Phi) is 3.76. The zero-order chi connectivity index (χ0) is 13.9. The summed E-state index contributed by atoms with van der Waals surface area (Å²) in [5.74, 6) is 0. The molecule has 96 valence electrons. The fourth-order valence-corrected chi connectivity index (χ4v) is 3.99. The highest BCUT2D eigenvalue weighted by molar-refractivity contribution is 7.26. The lowest BCUT2D eigenvalue weighted by Gasteiger charge is -2.19. The minimum Gasteiger partial charge on any atom is -0.299 e. The molecule has 0 unspecified atom stereocenters. The van der Waals surface area contributed by atoms with Crippen LogP contribution in [-0.2, 0) is 0 Å². The van der Waals surface area contributed by atoms with E-state index in [9.17, 15) is 9.59 Å². The van der Waals surface area contributed by atoms with Crippen LogP contribution in [0.5, 0.6) is 0 Å². The van der Waals surface area contributed by atoms with Crippen LogP contribution in [0.15, 0.2) is 60.7 Å². The van der Waals surface area contributed by atoms with Crippen LogP contribution >= 0.6 is 0 Å². The Bertz CT molecular complexity index is 535.